The fraction of sp³-hybridized carbons (Fsp3) is 0. The number of aromatic nitrogens is 1. The number of halogens is 1. The van der Waals surface area contributed by atoms with Crippen molar-refractivity contribution in [3.05, 3.63) is 45.3 Å². The highest BCUT2D eigenvalue weighted by molar-refractivity contribution is 6.34. The third kappa shape index (κ3) is 2.63. The van der Waals surface area contributed by atoms with Crippen molar-refractivity contribution in [3.63, 3.8) is 0 Å². The Labute approximate surface area is 111 Å². The molecule has 0 saturated heterocycles. The second-order valence-electron chi connectivity index (χ2n) is 3.52. The predicted octanol–water partition coefficient (Wildman–Crippen LogP) is 2.07. The van der Waals surface area contributed by atoms with Crippen molar-refractivity contribution >= 4 is 34.6 Å². The lowest BCUT2D eigenvalue weighted by atomic mass is 10.1. The summed E-state index contributed by atoms with van der Waals surface area (Å²) in [6, 6.07) is 2.29. The van der Waals surface area contributed by atoms with Crippen molar-refractivity contribution in [2.24, 2.45) is 0 Å². The summed E-state index contributed by atoms with van der Waals surface area (Å²) in [5.41, 5.74) is 5.17. The molecule has 0 aliphatic carbocycles. The van der Waals surface area contributed by atoms with Crippen LogP contribution in [0.5, 0.6) is 0 Å². The van der Waals surface area contributed by atoms with E-state index in [1.807, 2.05) is 0 Å². The van der Waals surface area contributed by atoms with Crippen LogP contribution < -0.4 is 11.1 Å². The van der Waals surface area contributed by atoms with Gasteiger partial charge in [0.15, 0.2) is 0 Å². The Hall–Kier alpha value is -2.61. The van der Waals surface area contributed by atoms with E-state index >= 15 is 0 Å². The van der Waals surface area contributed by atoms with Gasteiger partial charge in [-0.05, 0) is 6.07 Å². The molecule has 1 amide bonds. The van der Waals surface area contributed by atoms with Gasteiger partial charge in [0.05, 0.1) is 16.1 Å². The second-order valence-corrected chi connectivity index (χ2v) is 3.92. The Balaban J connectivity index is 2.35. The molecule has 1 aromatic heterocycles. The predicted molar refractivity (Wildman–Crippen MR) is 67.0 cm³/mol. The minimum absolute atomic E-state index is 0.00657. The molecule has 0 fully saturated rings. The maximum absolute atomic E-state index is 11.8. The fourth-order valence-electron chi connectivity index (χ4n) is 1.36. The van der Waals surface area contributed by atoms with E-state index in [4.69, 9.17) is 17.3 Å². The lowest BCUT2D eigenvalue weighted by molar-refractivity contribution is -0.383. The second kappa shape index (κ2) is 4.94. The minimum atomic E-state index is -0.711. The molecule has 2 rings (SSSR count). The smallest absolute Gasteiger partial charge is 0.294 e. The number of carbonyl (C=O) groups is 1. The molecule has 2 aromatic rings. The van der Waals surface area contributed by atoms with Crippen LogP contribution in [0.4, 0.5) is 17.1 Å². The molecule has 0 radical (unpaired) electrons. The number of amides is 1. The zero-order valence-corrected chi connectivity index (χ0v) is 10.0. The number of nitrogens with one attached hydrogen (secondary N) is 1. The van der Waals surface area contributed by atoms with Gasteiger partial charge in [0.25, 0.3) is 11.6 Å². The lowest BCUT2D eigenvalue weighted by Gasteiger charge is -2.05. The zero-order valence-electron chi connectivity index (χ0n) is 9.29. The molecule has 0 aliphatic rings. The van der Waals surface area contributed by atoms with Crippen LogP contribution in [0.15, 0.2) is 29.1 Å². The summed E-state index contributed by atoms with van der Waals surface area (Å²) in [5.74, 6) is -0.590. The average Bonchev–Trinajstić information content (AvgIpc) is 2.84. The number of nitrogens with two attached hydrogens (primary N) is 1. The highest BCUT2D eigenvalue weighted by Crippen LogP contribution is 2.31. The first-order valence-electron chi connectivity index (χ1n) is 4.93. The average molecular weight is 283 g/mol. The summed E-state index contributed by atoms with van der Waals surface area (Å²) >= 11 is 5.75. The molecule has 3 N–H and O–H groups in total. The van der Waals surface area contributed by atoms with Gasteiger partial charge in [-0.25, -0.2) is 0 Å². The summed E-state index contributed by atoms with van der Waals surface area (Å²) in [6.07, 6.45) is 2.50. The molecule has 0 bridgehead atoms. The van der Waals surface area contributed by atoms with Gasteiger partial charge >= 0.3 is 0 Å². The molecule has 0 unspecified atom stereocenters. The molecule has 8 nitrogen and oxygen atoms in total. The number of anilines is 2. The van der Waals surface area contributed by atoms with E-state index in [1.54, 1.807) is 0 Å². The van der Waals surface area contributed by atoms with Crippen molar-refractivity contribution in [1.29, 1.82) is 0 Å². The molecule has 0 atom stereocenters. The highest BCUT2D eigenvalue weighted by atomic mass is 35.5. The number of nitro benzene ring substituents is 1. The van der Waals surface area contributed by atoms with Gasteiger partial charge in [-0.2, -0.15) is 0 Å². The summed E-state index contributed by atoms with van der Waals surface area (Å²) in [7, 11) is 0. The largest absolute Gasteiger partial charge is 0.392 e. The zero-order chi connectivity index (χ0) is 14.0. The Morgan fingerprint density at radius 3 is 2.84 bits per heavy atom. The van der Waals surface area contributed by atoms with Gasteiger partial charge in [0, 0.05) is 11.6 Å². The molecule has 0 spiro atoms. The van der Waals surface area contributed by atoms with Gasteiger partial charge in [-0.15, -0.1) is 0 Å². The number of benzene rings is 1. The van der Waals surface area contributed by atoms with Gasteiger partial charge in [-0.1, -0.05) is 16.8 Å². The highest BCUT2D eigenvalue weighted by Gasteiger charge is 2.19. The van der Waals surface area contributed by atoms with Crippen molar-refractivity contribution in [3.8, 4) is 0 Å². The molecule has 1 aromatic carbocycles. The first-order chi connectivity index (χ1) is 8.99. The van der Waals surface area contributed by atoms with Crippen LogP contribution >= 0.6 is 11.6 Å². The summed E-state index contributed by atoms with van der Waals surface area (Å²) in [5, 5.41) is 16.5. The number of nitro groups is 1. The molecule has 9 heteroatoms. The van der Waals surface area contributed by atoms with E-state index in [0.717, 1.165) is 6.07 Å². The quantitative estimate of drug-likeness (QED) is 0.504. The van der Waals surface area contributed by atoms with Gasteiger partial charge < -0.3 is 15.6 Å². The van der Waals surface area contributed by atoms with Crippen molar-refractivity contribution < 1.29 is 14.2 Å². The Bertz CT molecular complexity index is 641. The van der Waals surface area contributed by atoms with E-state index in [-0.39, 0.29) is 16.3 Å². The molecule has 1 heterocycles. The lowest BCUT2D eigenvalue weighted by Crippen LogP contribution is -2.12. The van der Waals surface area contributed by atoms with Crippen LogP contribution in [0.25, 0.3) is 0 Å². The maximum atomic E-state index is 11.8. The van der Waals surface area contributed by atoms with E-state index in [2.05, 4.69) is 15.0 Å². The van der Waals surface area contributed by atoms with Crippen molar-refractivity contribution in [1.82, 2.24) is 5.16 Å². The first-order valence-corrected chi connectivity index (χ1v) is 5.31. The monoisotopic (exact) mass is 282 g/mol. The molecule has 0 saturated carbocycles. The number of carbonyl (C=O) groups excluding carboxylic acids is 1. The number of nitrogens with zero attached hydrogens (tertiary/aromatic N) is 2. The SMILES string of the molecule is Nc1c(Cl)cc(C(=O)Nc2cnoc2)cc1[N+](=O)[O-]. The van der Waals surface area contributed by atoms with Gasteiger partial charge in [0.1, 0.15) is 17.6 Å². The third-order valence-electron chi connectivity index (χ3n) is 2.26. The van der Waals surface area contributed by atoms with Crippen molar-refractivity contribution in [2.45, 2.75) is 0 Å². The number of nitrogen functional groups attached to an aromatic ring is 1. The topological polar surface area (TPSA) is 124 Å². The van der Waals surface area contributed by atoms with E-state index in [9.17, 15) is 14.9 Å². The Morgan fingerprint density at radius 1 is 1.53 bits per heavy atom. The van der Waals surface area contributed by atoms with Crippen LogP contribution in [0.2, 0.25) is 5.02 Å². The number of hydrogen-bond acceptors (Lipinski definition) is 6. The van der Waals surface area contributed by atoms with Crippen LogP contribution in [-0.2, 0) is 0 Å². The molecular weight excluding hydrogens is 276 g/mol. The van der Waals surface area contributed by atoms with Gasteiger partial charge in [-0.3, -0.25) is 14.9 Å². The fourth-order valence-corrected chi connectivity index (χ4v) is 1.57. The standard InChI is InChI=1S/C10H7ClN4O4/c11-7-1-5(2-8(9(7)12)15(17)18)10(16)14-6-3-13-19-4-6/h1-4H,12H2,(H,14,16). The van der Waals surface area contributed by atoms with Crippen LogP contribution in [0, 0.1) is 10.1 Å². The number of rotatable bonds is 3. The molecule has 98 valence electrons. The molecule has 19 heavy (non-hydrogen) atoms. The molecular formula is C10H7ClN4O4. The summed E-state index contributed by atoms with van der Waals surface area (Å²) in [6.45, 7) is 0. The van der Waals surface area contributed by atoms with E-state index < -0.39 is 16.5 Å². The normalized spacial score (nSPS) is 10.2. The van der Waals surface area contributed by atoms with E-state index in [0.29, 0.717) is 5.69 Å². The summed E-state index contributed by atoms with van der Waals surface area (Å²) < 4.78 is 4.54. The van der Waals surface area contributed by atoms with Crippen LogP contribution in [-0.4, -0.2) is 16.0 Å². The van der Waals surface area contributed by atoms with Crippen molar-refractivity contribution in [2.75, 3.05) is 11.1 Å². The Morgan fingerprint density at radius 2 is 2.26 bits per heavy atom. The molecule has 0 aliphatic heterocycles. The summed E-state index contributed by atoms with van der Waals surface area (Å²) in [4.78, 5) is 21.9. The van der Waals surface area contributed by atoms with Gasteiger partial charge in [0.2, 0.25) is 0 Å². The minimum Gasteiger partial charge on any atom is -0.392 e. The Kier molecular flexibility index (Phi) is 3.34. The van der Waals surface area contributed by atoms with E-state index in [1.165, 1.54) is 18.5 Å². The third-order valence-corrected chi connectivity index (χ3v) is 2.57. The van der Waals surface area contributed by atoms with Crippen LogP contribution in [0.1, 0.15) is 10.4 Å². The maximum Gasteiger partial charge on any atom is 0.294 e. The first kappa shape index (κ1) is 12.8. The number of hydrogen-bond donors (Lipinski definition) is 2. The van der Waals surface area contributed by atoms with Crippen LogP contribution in [0.3, 0.4) is 0 Å².